The first-order valence-corrected chi connectivity index (χ1v) is 10.2. The van der Waals surface area contributed by atoms with Crippen LogP contribution in [0.2, 0.25) is 0 Å². The molecule has 6 nitrogen and oxygen atoms in total. The van der Waals surface area contributed by atoms with Crippen molar-refractivity contribution >= 4 is 16.6 Å². The van der Waals surface area contributed by atoms with E-state index in [1.165, 1.54) is 0 Å². The molecule has 2 aromatic heterocycles. The van der Waals surface area contributed by atoms with Crippen LogP contribution in [0.4, 0.5) is 4.39 Å². The lowest BCUT2D eigenvalue weighted by atomic mass is 9.83. The molecule has 2 fully saturated rings. The van der Waals surface area contributed by atoms with Crippen molar-refractivity contribution in [2.45, 2.75) is 19.0 Å². The molecule has 0 saturated carbocycles. The van der Waals surface area contributed by atoms with E-state index in [4.69, 9.17) is 4.74 Å². The fourth-order valence-electron chi connectivity index (χ4n) is 4.39. The van der Waals surface area contributed by atoms with E-state index in [1.807, 2.05) is 42.5 Å². The van der Waals surface area contributed by atoms with Crippen LogP contribution in [0, 0.1) is 5.41 Å². The van der Waals surface area contributed by atoms with Gasteiger partial charge in [0, 0.05) is 61.1 Å². The topological polar surface area (TPSA) is 60.2 Å². The largest absolute Gasteiger partial charge is 0.380 e. The maximum Gasteiger partial charge on any atom is 0.194 e. The van der Waals surface area contributed by atoms with Crippen molar-refractivity contribution in [3.05, 3.63) is 48.5 Å². The second kappa shape index (κ2) is 6.96. The lowest BCUT2D eigenvalue weighted by Crippen LogP contribution is -2.66. The predicted molar refractivity (Wildman–Crippen MR) is 112 cm³/mol. The first-order chi connectivity index (χ1) is 14.3. The number of aromatic nitrogens is 3. The molecule has 0 amide bonds. The number of nitrogens with zero attached hydrogens (tertiary/aromatic N) is 4. The Bertz CT molecular complexity index is 1120. The highest BCUT2D eigenvalue weighted by molar-refractivity contribution is 5.92. The highest BCUT2D eigenvalue weighted by Crippen LogP contribution is 2.34. The van der Waals surface area contributed by atoms with Gasteiger partial charge in [-0.05, 0) is 23.1 Å². The fraction of sp³-hybridized carbons (Fsp3) is 0.435. The molecule has 0 atom stereocenters. The molecule has 0 aliphatic carbocycles. The number of hydrogen-bond acceptors (Lipinski definition) is 5. The van der Waals surface area contributed by atoms with Gasteiger partial charge in [-0.15, -0.1) is 0 Å². The lowest BCUT2D eigenvalue weighted by molar-refractivity contribution is -0.157. The summed E-state index contributed by atoms with van der Waals surface area (Å²) in [6.45, 7) is 4.66. The molecule has 5 rings (SSSR count). The van der Waals surface area contributed by atoms with Crippen molar-refractivity contribution in [1.82, 2.24) is 19.7 Å². The number of benzene rings is 1. The van der Waals surface area contributed by atoms with Crippen LogP contribution in [0.5, 0.6) is 0 Å². The second-order valence-corrected chi connectivity index (χ2v) is 9.15. The number of pyridine rings is 1. The molecule has 0 N–H and O–H groups in total. The molecule has 30 heavy (non-hydrogen) atoms. The molecule has 3 aromatic rings. The molecule has 2 saturated heterocycles. The third-order valence-electron chi connectivity index (χ3n) is 6.11. The fourth-order valence-corrected chi connectivity index (χ4v) is 4.39. The molecule has 4 heterocycles. The number of hydrogen-bond donors (Lipinski definition) is 0. The van der Waals surface area contributed by atoms with E-state index in [2.05, 4.69) is 23.1 Å². The molecule has 7 heteroatoms. The van der Waals surface area contributed by atoms with Gasteiger partial charge >= 0.3 is 0 Å². The van der Waals surface area contributed by atoms with Crippen molar-refractivity contribution in [3.8, 4) is 11.1 Å². The average molecular weight is 408 g/mol. The average Bonchev–Trinajstić information content (AvgIpc) is 3.11. The van der Waals surface area contributed by atoms with Crippen LogP contribution in [0.15, 0.2) is 42.9 Å². The minimum atomic E-state index is -1.77. The van der Waals surface area contributed by atoms with Gasteiger partial charge in [0.25, 0.3) is 0 Å². The summed E-state index contributed by atoms with van der Waals surface area (Å²) in [5.41, 5.74) is 0.997. The quantitative estimate of drug-likeness (QED) is 0.628. The Morgan fingerprint density at radius 3 is 2.63 bits per heavy atom. The van der Waals surface area contributed by atoms with Crippen LogP contribution in [0.3, 0.4) is 0 Å². The molecule has 0 unspecified atom stereocenters. The minimum Gasteiger partial charge on any atom is -0.380 e. The maximum atomic E-state index is 15.1. The first kappa shape index (κ1) is 19.3. The van der Waals surface area contributed by atoms with Crippen molar-refractivity contribution in [1.29, 1.82) is 0 Å². The third-order valence-corrected chi connectivity index (χ3v) is 6.11. The van der Waals surface area contributed by atoms with E-state index in [9.17, 15) is 4.79 Å². The maximum absolute atomic E-state index is 15.1. The van der Waals surface area contributed by atoms with Crippen LogP contribution in [-0.2, 0) is 23.0 Å². The van der Waals surface area contributed by atoms with Gasteiger partial charge in [0.05, 0.1) is 25.8 Å². The number of Topliss-reactive ketones (excluding diaryl/α,β-unsaturated/α-hetero) is 1. The molecule has 2 aliphatic rings. The number of rotatable bonds is 6. The standard InChI is InChI=1S/C23H25FN4O2/c1-22(14-30-15-22)11-28-12-23(24,13-28)21(29)7-20-6-18-5-16(3-4-17(18)8-25-20)19-9-26-27(2)10-19/h3-6,8-10H,7,11-15H2,1-2H3. The number of carbonyl (C=O) groups is 1. The van der Waals surface area contributed by atoms with Gasteiger partial charge in [-0.1, -0.05) is 19.1 Å². The molecule has 0 spiro atoms. The monoisotopic (exact) mass is 408 g/mol. The van der Waals surface area contributed by atoms with E-state index < -0.39 is 5.67 Å². The Kier molecular flexibility index (Phi) is 4.48. The van der Waals surface area contributed by atoms with Gasteiger partial charge in [0.15, 0.2) is 11.5 Å². The summed E-state index contributed by atoms with van der Waals surface area (Å²) in [6.07, 6.45) is 5.54. The first-order valence-electron chi connectivity index (χ1n) is 10.2. The molecule has 156 valence electrons. The van der Waals surface area contributed by atoms with Crippen LogP contribution < -0.4 is 0 Å². The Morgan fingerprint density at radius 2 is 1.97 bits per heavy atom. The summed E-state index contributed by atoms with van der Waals surface area (Å²) >= 11 is 0. The molecular weight excluding hydrogens is 383 g/mol. The van der Waals surface area contributed by atoms with Crippen LogP contribution >= 0.6 is 0 Å². The van der Waals surface area contributed by atoms with Gasteiger partial charge in [-0.3, -0.25) is 19.4 Å². The molecule has 2 aliphatic heterocycles. The molecule has 1 aromatic carbocycles. The third kappa shape index (κ3) is 3.52. The van der Waals surface area contributed by atoms with Gasteiger partial charge in [-0.2, -0.15) is 5.10 Å². The Hall–Kier alpha value is -2.64. The molecule has 0 bridgehead atoms. The highest BCUT2D eigenvalue weighted by atomic mass is 19.1. The zero-order chi connectivity index (χ0) is 20.9. The minimum absolute atomic E-state index is 0.0117. The Labute approximate surface area is 174 Å². The predicted octanol–water partition coefficient (Wildman–Crippen LogP) is 2.81. The van der Waals surface area contributed by atoms with Crippen molar-refractivity contribution in [2.75, 3.05) is 32.8 Å². The number of fused-ring (bicyclic) bond motifs is 1. The van der Waals surface area contributed by atoms with E-state index in [0.29, 0.717) is 18.9 Å². The van der Waals surface area contributed by atoms with Gasteiger partial charge in [0.2, 0.25) is 0 Å². The number of alkyl halides is 1. The van der Waals surface area contributed by atoms with Crippen molar-refractivity contribution in [2.24, 2.45) is 12.5 Å². The number of aryl methyl sites for hydroxylation is 1. The van der Waals surface area contributed by atoms with Gasteiger partial charge in [-0.25, -0.2) is 4.39 Å². The van der Waals surface area contributed by atoms with Crippen molar-refractivity contribution < 1.29 is 13.9 Å². The normalized spacial score (nSPS) is 20.0. The summed E-state index contributed by atoms with van der Waals surface area (Å²) in [7, 11) is 1.88. The zero-order valence-electron chi connectivity index (χ0n) is 17.3. The van der Waals surface area contributed by atoms with Crippen LogP contribution in [-0.4, -0.2) is 64.0 Å². The number of halogens is 1. The molecule has 0 radical (unpaired) electrons. The summed E-state index contributed by atoms with van der Waals surface area (Å²) in [5, 5.41) is 6.18. The molecular formula is C23H25FN4O2. The van der Waals surface area contributed by atoms with Gasteiger partial charge < -0.3 is 4.74 Å². The Morgan fingerprint density at radius 1 is 1.17 bits per heavy atom. The van der Waals surface area contributed by atoms with E-state index in [1.54, 1.807) is 10.9 Å². The van der Waals surface area contributed by atoms with E-state index in [-0.39, 0.29) is 30.7 Å². The Balaban J connectivity index is 1.28. The number of carbonyl (C=O) groups excluding carboxylic acids is 1. The lowest BCUT2D eigenvalue weighted by Gasteiger charge is -2.49. The van der Waals surface area contributed by atoms with Gasteiger partial charge in [0.1, 0.15) is 0 Å². The van der Waals surface area contributed by atoms with Crippen molar-refractivity contribution in [3.63, 3.8) is 0 Å². The van der Waals surface area contributed by atoms with E-state index in [0.717, 1.165) is 28.4 Å². The number of ketones is 1. The number of ether oxygens (including phenoxy) is 1. The summed E-state index contributed by atoms with van der Waals surface area (Å²) < 4.78 is 22.1. The summed E-state index contributed by atoms with van der Waals surface area (Å²) in [5.74, 6) is -0.385. The van der Waals surface area contributed by atoms with Crippen LogP contribution in [0.25, 0.3) is 21.9 Å². The second-order valence-electron chi connectivity index (χ2n) is 9.15. The smallest absolute Gasteiger partial charge is 0.194 e. The zero-order valence-corrected chi connectivity index (χ0v) is 17.3. The van der Waals surface area contributed by atoms with E-state index >= 15 is 4.39 Å². The number of likely N-dealkylation sites (tertiary alicyclic amines) is 1. The SMILES string of the molecule is Cn1cc(-c2ccc3cnc(CC(=O)C4(F)CN(CC5(C)COC5)C4)cc3c2)cn1. The highest BCUT2D eigenvalue weighted by Gasteiger charge is 2.51. The summed E-state index contributed by atoms with van der Waals surface area (Å²) in [4.78, 5) is 19.1. The van der Waals surface area contributed by atoms with Crippen LogP contribution in [0.1, 0.15) is 12.6 Å². The summed E-state index contributed by atoms with van der Waals surface area (Å²) in [6, 6.07) is 7.97.